The Kier molecular flexibility index (Phi) is 5.55. The number of hydrogen-bond acceptors (Lipinski definition) is 6. The second-order valence-electron chi connectivity index (χ2n) is 7.24. The van der Waals surface area contributed by atoms with Gasteiger partial charge in [0.15, 0.2) is 0 Å². The molecule has 1 aromatic carbocycles. The minimum Gasteiger partial charge on any atom is -0.465 e. The number of methoxy groups -OCH3 is 1. The summed E-state index contributed by atoms with van der Waals surface area (Å²) in [4.78, 5) is 15.8. The van der Waals surface area contributed by atoms with Gasteiger partial charge in [0.2, 0.25) is 10.0 Å². The van der Waals surface area contributed by atoms with Crippen LogP contribution in [-0.4, -0.2) is 56.4 Å². The van der Waals surface area contributed by atoms with Crippen molar-refractivity contribution < 1.29 is 17.9 Å². The molecule has 1 aromatic heterocycles. The van der Waals surface area contributed by atoms with E-state index in [0.717, 1.165) is 32.4 Å². The normalized spacial score (nSPS) is 19.3. The number of carbonyl (C=O) groups is 1. The van der Waals surface area contributed by atoms with Crippen LogP contribution in [0.3, 0.4) is 0 Å². The van der Waals surface area contributed by atoms with Crippen LogP contribution in [-0.2, 0) is 27.7 Å². The number of piperidine rings is 1. The minimum absolute atomic E-state index is 0.222. The number of nitrogens with zero attached hydrogens (tertiary/aromatic N) is 2. The van der Waals surface area contributed by atoms with E-state index < -0.39 is 16.0 Å². The molecule has 150 valence electrons. The van der Waals surface area contributed by atoms with Gasteiger partial charge in [0.25, 0.3) is 0 Å². The van der Waals surface area contributed by atoms with E-state index in [0.29, 0.717) is 24.7 Å². The molecule has 6 nitrogen and oxygen atoms in total. The smallest absolute Gasteiger partial charge is 0.337 e. The zero-order valence-electron chi connectivity index (χ0n) is 15.8. The van der Waals surface area contributed by atoms with Gasteiger partial charge in [-0.15, -0.1) is 11.3 Å². The van der Waals surface area contributed by atoms with Gasteiger partial charge in [-0.05, 0) is 60.5 Å². The first-order chi connectivity index (χ1) is 13.5. The average molecular weight is 421 g/mol. The van der Waals surface area contributed by atoms with E-state index in [9.17, 15) is 13.2 Å². The first-order valence-corrected chi connectivity index (χ1v) is 11.8. The number of benzene rings is 1. The van der Waals surface area contributed by atoms with E-state index in [-0.39, 0.29) is 4.90 Å². The third-order valence-corrected chi connectivity index (χ3v) is 8.63. The maximum atomic E-state index is 12.9. The second-order valence-corrected chi connectivity index (χ2v) is 10.2. The van der Waals surface area contributed by atoms with E-state index in [4.69, 9.17) is 0 Å². The monoisotopic (exact) mass is 420 g/mol. The van der Waals surface area contributed by atoms with Gasteiger partial charge in [0.1, 0.15) is 0 Å². The fraction of sp³-hybridized carbons (Fsp3) is 0.450. The summed E-state index contributed by atoms with van der Waals surface area (Å²) in [5.41, 5.74) is 1.77. The van der Waals surface area contributed by atoms with Crippen LogP contribution in [0.15, 0.2) is 40.6 Å². The van der Waals surface area contributed by atoms with Gasteiger partial charge in [-0.3, -0.25) is 4.90 Å². The fourth-order valence-electron chi connectivity index (χ4n) is 4.06. The number of esters is 1. The molecule has 8 heteroatoms. The quantitative estimate of drug-likeness (QED) is 0.712. The number of sulfonamides is 1. The number of fused-ring (bicyclic) bond motifs is 1. The Morgan fingerprint density at radius 1 is 1.11 bits per heavy atom. The largest absolute Gasteiger partial charge is 0.465 e. The van der Waals surface area contributed by atoms with Crippen molar-refractivity contribution in [2.75, 3.05) is 26.7 Å². The Morgan fingerprint density at radius 2 is 1.82 bits per heavy atom. The van der Waals surface area contributed by atoms with Gasteiger partial charge < -0.3 is 4.74 Å². The second kappa shape index (κ2) is 7.94. The molecule has 4 rings (SSSR count). The molecule has 28 heavy (non-hydrogen) atoms. The molecular weight excluding hydrogens is 396 g/mol. The van der Waals surface area contributed by atoms with Crippen molar-refractivity contribution >= 4 is 27.3 Å². The molecule has 0 aliphatic carbocycles. The third kappa shape index (κ3) is 3.74. The zero-order chi connectivity index (χ0) is 19.7. The number of ether oxygens (including phenoxy) is 1. The van der Waals surface area contributed by atoms with Crippen molar-refractivity contribution in [1.82, 2.24) is 9.21 Å². The van der Waals surface area contributed by atoms with Crippen LogP contribution < -0.4 is 0 Å². The Hall–Kier alpha value is -1.74. The number of carbonyl (C=O) groups excluding carboxylic acids is 1. The van der Waals surface area contributed by atoms with E-state index in [2.05, 4.69) is 21.1 Å². The van der Waals surface area contributed by atoms with Crippen molar-refractivity contribution in [3.8, 4) is 0 Å². The maximum absolute atomic E-state index is 12.9. The van der Waals surface area contributed by atoms with Gasteiger partial charge in [-0.25, -0.2) is 13.2 Å². The summed E-state index contributed by atoms with van der Waals surface area (Å²) < 4.78 is 32.1. The lowest BCUT2D eigenvalue weighted by atomic mass is 10.0. The molecule has 0 unspecified atom stereocenters. The molecule has 2 aliphatic rings. The highest BCUT2D eigenvalue weighted by Gasteiger charge is 2.33. The van der Waals surface area contributed by atoms with Crippen LogP contribution in [0.25, 0.3) is 0 Å². The van der Waals surface area contributed by atoms with Gasteiger partial charge in [-0.1, -0.05) is 0 Å². The Balaban J connectivity index is 1.39. The fourth-order valence-corrected chi connectivity index (χ4v) is 6.42. The maximum Gasteiger partial charge on any atom is 0.337 e. The summed E-state index contributed by atoms with van der Waals surface area (Å²) in [6.45, 7) is 3.09. The average Bonchev–Trinajstić information content (AvgIpc) is 3.21. The van der Waals surface area contributed by atoms with Crippen LogP contribution in [0, 0.1) is 0 Å². The number of hydrogen-bond donors (Lipinski definition) is 0. The minimum atomic E-state index is -3.54. The van der Waals surface area contributed by atoms with Gasteiger partial charge in [-0.2, -0.15) is 4.31 Å². The van der Waals surface area contributed by atoms with Gasteiger partial charge >= 0.3 is 5.97 Å². The standard InChI is InChI=1S/C20H24N2O4S2/c1-26-20(23)15-2-4-18(5-3-15)28(24,25)22-11-6-17(7-12-22)21-10-8-19-16(14-21)9-13-27-19/h2-5,9,13,17H,6-8,10-12,14H2,1H3. The third-order valence-electron chi connectivity index (χ3n) is 5.69. The lowest BCUT2D eigenvalue weighted by Gasteiger charge is -2.39. The zero-order valence-corrected chi connectivity index (χ0v) is 17.5. The van der Waals surface area contributed by atoms with E-state index in [1.807, 2.05) is 11.3 Å². The predicted molar refractivity (Wildman–Crippen MR) is 108 cm³/mol. The van der Waals surface area contributed by atoms with Crippen LogP contribution in [0.1, 0.15) is 33.6 Å². The first-order valence-electron chi connectivity index (χ1n) is 9.47. The SMILES string of the molecule is COC(=O)c1ccc(S(=O)(=O)N2CCC(N3CCc4sccc4C3)CC2)cc1. The lowest BCUT2D eigenvalue weighted by Crippen LogP contribution is -2.47. The van der Waals surface area contributed by atoms with Gasteiger partial charge in [0.05, 0.1) is 17.6 Å². The lowest BCUT2D eigenvalue weighted by molar-refractivity contribution is 0.0600. The van der Waals surface area contributed by atoms with Crippen LogP contribution in [0.5, 0.6) is 0 Å². The highest BCUT2D eigenvalue weighted by atomic mass is 32.2. The molecule has 3 heterocycles. The summed E-state index contributed by atoms with van der Waals surface area (Å²) in [7, 11) is -2.24. The molecular formula is C20H24N2O4S2. The Bertz CT molecular complexity index is 945. The van der Waals surface area contributed by atoms with Crippen molar-refractivity contribution in [3.05, 3.63) is 51.7 Å². The van der Waals surface area contributed by atoms with Gasteiger partial charge in [0, 0.05) is 37.1 Å². The first kappa shape index (κ1) is 19.6. The number of thiophene rings is 1. The number of rotatable bonds is 4. The molecule has 0 bridgehead atoms. The summed E-state index contributed by atoms with van der Waals surface area (Å²) in [5.74, 6) is -0.472. The molecule has 0 atom stereocenters. The van der Waals surface area contributed by atoms with Crippen LogP contribution >= 0.6 is 11.3 Å². The summed E-state index contributed by atoms with van der Waals surface area (Å²) in [6, 6.07) is 8.60. The van der Waals surface area contributed by atoms with Crippen molar-refractivity contribution in [3.63, 3.8) is 0 Å². The summed E-state index contributed by atoms with van der Waals surface area (Å²) >= 11 is 1.84. The highest BCUT2D eigenvalue weighted by molar-refractivity contribution is 7.89. The molecule has 2 aromatic rings. The van der Waals surface area contributed by atoms with E-state index in [1.54, 1.807) is 4.31 Å². The molecule has 1 fully saturated rings. The molecule has 1 saturated heterocycles. The molecule has 2 aliphatic heterocycles. The Morgan fingerprint density at radius 3 is 2.50 bits per heavy atom. The Labute approximate surface area is 169 Å². The van der Waals surface area contributed by atoms with Crippen LogP contribution in [0.4, 0.5) is 0 Å². The summed E-state index contributed by atoms with van der Waals surface area (Å²) in [5, 5.41) is 2.16. The van der Waals surface area contributed by atoms with E-state index in [1.165, 1.54) is 41.8 Å². The van der Waals surface area contributed by atoms with Crippen molar-refractivity contribution in [1.29, 1.82) is 0 Å². The van der Waals surface area contributed by atoms with Crippen molar-refractivity contribution in [2.45, 2.75) is 36.7 Å². The van der Waals surface area contributed by atoms with Crippen LogP contribution in [0.2, 0.25) is 0 Å². The topological polar surface area (TPSA) is 66.9 Å². The van der Waals surface area contributed by atoms with Crippen molar-refractivity contribution in [2.24, 2.45) is 0 Å². The molecule has 0 N–H and O–H groups in total. The molecule has 0 saturated carbocycles. The highest BCUT2D eigenvalue weighted by Crippen LogP contribution is 2.29. The van der Waals surface area contributed by atoms with E-state index >= 15 is 0 Å². The summed E-state index contributed by atoms with van der Waals surface area (Å²) in [6.07, 6.45) is 2.79. The molecule has 0 radical (unpaired) electrons. The molecule has 0 amide bonds. The predicted octanol–water partition coefficient (Wildman–Crippen LogP) is 2.75. The molecule has 0 spiro atoms.